The Morgan fingerprint density at radius 1 is 1.27 bits per heavy atom. The summed E-state index contributed by atoms with van der Waals surface area (Å²) in [4.78, 5) is 1.18. The van der Waals surface area contributed by atoms with Gasteiger partial charge < -0.3 is 0 Å². The molecule has 0 fully saturated rings. The van der Waals surface area contributed by atoms with Crippen molar-refractivity contribution in [3.05, 3.63) is 26.1 Å². The van der Waals surface area contributed by atoms with Crippen molar-refractivity contribution in [2.24, 2.45) is 0 Å². The lowest BCUT2D eigenvalue weighted by atomic mass is 10.4. The molecule has 0 nitrogen and oxygen atoms in total. The molecule has 0 bridgehead atoms. The summed E-state index contributed by atoms with van der Waals surface area (Å²) in [6.07, 6.45) is 2.03. The third kappa shape index (κ3) is 2.14. The van der Waals surface area contributed by atoms with Gasteiger partial charge >= 0.3 is 0 Å². The Morgan fingerprint density at radius 2 is 1.91 bits per heavy atom. The summed E-state index contributed by atoms with van der Waals surface area (Å²) < 4.78 is 1.95. The molecule has 1 aromatic carbocycles. The SMILES string of the molecule is CSc1ccc(Cl)c(Br)c1Br. The van der Waals surface area contributed by atoms with E-state index in [4.69, 9.17) is 11.6 Å². The first-order valence-electron chi connectivity index (χ1n) is 2.84. The molecule has 0 aliphatic carbocycles. The van der Waals surface area contributed by atoms with Crippen LogP contribution in [0, 0.1) is 0 Å². The second kappa shape index (κ2) is 4.17. The third-order valence-corrected chi connectivity index (χ3v) is 4.98. The zero-order chi connectivity index (χ0) is 8.43. The molecule has 60 valence electrons. The Hall–Kier alpha value is 0.820. The van der Waals surface area contributed by atoms with E-state index in [0.29, 0.717) is 0 Å². The summed E-state index contributed by atoms with van der Waals surface area (Å²) in [5.41, 5.74) is 0. The molecule has 1 rings (SSSR count). The lowest BCUT2D eigenvalue weighted by Gasteiger charge is -2.03. The van der Waals surface area contributed by atoms with Crippen molar-refractivity contribution in [2.45, 2.75) is 4.90 Å². The Labute approximate surface area is 92.0 Å². The first-order chi connectivity index (χ1) is 5.16. The maximum atomic E-state index is 5.86. The zero-order valence-corrected chi connectivity index (χ0v) is 10.4. The summed E-state index contributed by atoms with van der Waals surface area (Å²) in [5, 5.41) is 0.731. The van der Waals surface area contributed by atoms with Crippen LogP contribution in [0.5, 0.6) is 0 Å². The molecule has 11 heavy (non-hydrogen) atoms. The largest absolute Gasteiger partial charge is 0.128 e. The Balaban J connectivity index is 3.25. The Kier molecular flexibility index (Phi) is 3.75. The van der Waals surface area contributed by atoms with E-state index >= 15 is 0 Å². The van der Waals surface area contributed by atoms with E-state index in [1.165, 1.54) is 4.90 Å². The number of thioether (sulfide) groups is 1. The first-order valence-corrected chi connectivity index (χ1v) is 6.03. The average Bonchev–Trinajstić information content (AvgIpc) is 2.01. The van der Waals surface area contributed by atoms with Crippen LogP contribution in [0.3, 0.4) is 0 Å². The van der Waals surface area contributed by atoms with Gasteiger partial charge in [0.2, 0.25) is 0 Å². The van der Waals surface area contributed by atoms with E-state index in [-0.39, 0.29) is 0 Å². The van der Waals surface area contributed by atoms with Crippen LogP contribution in [0.4, 0.5) is 0 Å². The number of halogens is 3. The standard InChI is InChI=1S/C7H5Br2ClS/c1-11-5-3-2-4(10)6(8)7(5)9/h2-3H,1H3. The smallest absolute Gasteiger partial charge is 0.0560 e. The van der Waals surface area contributed by atoms with Gasteiger partial charge in [-0.3, -0.25) is 0 Å². The topological polar surface area (TPSA) is 0 Å². The Bertz CT molecular complexity index is 275. The fourth-order valence-corrected chi connectivity index (χ4v) is 2.73. The van der Waals surface area contributed by atoms with Crippen LogP contribution in [0.25, 0.3) is 0 Å². The number of benzene rings is 1. The molecular formula is C7H5Br2ClS. The highest BCUT2D eigenvalue weighted by Crippen LogP contribution is 2.36. The van der Waals surface area contributed by atoms with Gasteiger partial charge in [-0.1, -0.05) is 11.6 Å². The molecule has 0 saturated carbocycles. The molecule has 0 amide bonds. The second-order valence-electron chi connectivity index (χ2n) is 1.88. The quantitative estimate of drug-likeness (QED) is 0.539. The molecule has 4 heteroatoms. The van der Waals surface area contributed by atoms with Gasteiger partial charge in [-0.2, -0.15) is 0 Å². The van der Waals surface area contributed by atoms with Crippen LogP contribution in [-0.2, 0) is 0 Å². The number of hydrogen-bond donors (Lipinski definition) is 0. The van der Waals surface area contributed by atoms with E-state index < -0.39 is 0 Å². The molecular weight excluding hydrogens is 311 g/mol. The summed E-state index contributed by atoms with van der Waals surface area (Å²) in [5.74, 6) is 0. The van der Waals surface area contributed by atoms with Gasteiger partial charge in [0.25, 0.3) is 0 Å². The van der Waals surface area contributed by atoms with E-state index in [9.17, 15) is 0 Å². The summed E-state index contributed by atoms with van der Waals surface area (Å²) >= 11 is 14.4. The molecule has 0 saturated heterocycles. The molecule has 0 aliphatic heterocycles. The lowest BCUT2D eigenvalue weighted by molar-refractivity contribution is 1.38. The molecule has 0 atom stereocenters. The van der Waals surface area contributed by atoms with Crippen molar-refractivity contribution in [3.63, 3.8) is 0 Å². The fourth-order valence-electron chi connectivity index (χ4n) is 0.666. The van der Waals surface area contributed by atoms with Crippen LogP contribution in [0.15, 0.2) is 26.0 Å². The highest BCUT2D eigenvalue weighted by Gasteiger charge is 2.05. The fraction of sp³-hybridized carbons (Fsp3) is 0.143. The van der Waals surface area contributed by atoms with Gasteiger partial charge in [0.1, 0.15) is 0 Å². The second-order valence-corrected chi connectivity index (χ2v) is 4.72. The molecule has 0 unspecified atom stereocenters. The van der Waals surface area contributed by atoms with Crippen LogP contribution < -0.4 is 0 Å². The molecule has 1 aromatic rings. The molecule has 0 radical (unpaired) electrons. The van der Waals surface area contributed by atoms with E-state index in [1.807, 2.05) is 18.4 Å². The van der Waals surface area contributed by atoms with Crippen molar-refractivity contribution in [1.82, 2.24) is 0 Å². The highest BCUT2D eigenvalue weighted by atomic mass is 79.9. The number of hydrogen-bond acceptors (Lipinski definition) is 1. The third-order valence-electron chi connectivity index (χ3n) is 1.22. The Morgan fingerprint density at radius 3 is 2.45 bits per heavy atom. The van der Waals surface area contributed by atoms with Crippen molar-refractivity contribution in [3.8, 4) is 0 Å². The van der Waals surface area contributed by atoms with Gasteiger partial charge in [0, 0.05) is 9.37 Å². The molecule has 0 aromatic heterocycles. The van der Waals surface area contributed by atoms with Gasteiger partial charge in [0.05, 0.1) is 9.50 Å². The van der Waals surface area contributed by atoms with Gasteiger partial charge in [-0.05, 0) is 50.2 Å². The van der Waals surface area contributed by atoms with Crippen LogP contribution in [-0.4, -0.2) is 6.26 Å². The predicted octanol–water partition coefficient (Wildman–Crippen LogP) is 4.59. The highest BCUT2D eigenvalue weighted by molar-refractivity contribution is 9.13. The minimum atomic E-state index is 0.731. The lowest BCUT2D eigenvalue weighted by Crippen LogP contribution is -1.76. The minimum absolute atomic E-state index is 0.731. The van der Waals surface area contributed by atoms with Gasteiger partial charge in [-0.25, -0.2) is 0 Å². The van der Waals surface area contributed by atoms with E-state index in [1.54, 1.807) is 11.8 Å². The van der Waals surface area contributed by atoms with Crippen molar-refractivity contribution in [2.75, 3.05) is 6.26 Å². The molecule has 0 heterocycles. The maximum absolute atomic E-state index is 5.86. The van der Waals surface area contributed by atoms with Crippen molar-refractivity contribution >= 4 is 55.2 Å². The molecule has 0 N–H and O–H groups in total. The van der Waals surface area contributed by atoms with Crippen LogP contribution >= 0.6 is 55.2 Å². The van der Waals surface area contributed by atoms with Crippen LogP contribution in [0.2, 0.25) is 5.02 Å². The predicted molar refractivity (Wildman–Crippen MR) is 58.6 cm³/mol. The number of rotatable bonds is 1. The monoisotopic (exact) mass is 314 g/mol. The van der Waals surface area contributed by atoms with E-state index in [0.717, 1.165) is 14.0 Å². The summed E-state index contributed by atoms with van der Waals surface area (Å²) in [6.45, 7) is 0. The zero-order valence-electron chi connectivity index (χ0n) is 5.70. The van der Waals surface area contributed by atoms with Gasteiger partial charge in [0.15, 0.2) is 0 Å². The van der Waals surface area contributed by atoms with Crippen molar-refractivity contribution < 1.29 is 0 Å². The molecule has 0 aliphatic rings. The maximum Gasteiger partial charge on any atom is 0.0560 e. The normalized spacial score (nSPS) is 10.2. The van der Waals surface area contributed by atoms with E-state index in [2.05, 4.69) is 31.9 Å². The average molecular weight is 316 g/mol. The van der Waals surface area contributed by atoms with Gasteiger partial charge in [-0.15, -0.1) is 11.8 Å². The minimum Gasteiger partial charge on any atom is -0.128 e. The summed E-state index contributed by atoms with van der Waals surface area (Å²) in [7, 11) is 0. The van der Waals surface area contributed by atoms with Crippen molar-refractivity contribution in [1.29, 1.82) is 0 Å². The molecule has 0 spiro atoms. The van der Waals surface area contributed by atoms with Crippen LogP contribution in [0.1, 0.15) is 0 Å². The summed E-state index contributed by atoms with van der Waals surface area (Å²) in [6, 6.07) is 3.87. The first kappa shape index (κ1) is 9.90.